The van der Waals surface area contributed by atoms with E-state index in [-0.39, 0.29) is 30.9 Å². The van der Waals surface area contributed by atoms with E-state index in [9.17, 15) is 28.4 Å². The average molecular weight is 475 g/mol. The first-order valence-electron chi connectivity index (χ1n) is 9.87. The zero-order valence-electron chi connectivity index (χ0n) is 17.6. The first-order valence-corrected chi connectivity index (χ1v) is 11.3. The van der Waals surface area contributed by atoms with Gasteiger partial charge in [0.2, 0.25) is 0 Å². The molecule has 11 nitrogen and oxygen atoms in total. The molecule has 0 fully saturated rings. The normalized spacial score (nSPS) is 11.2. The number of nitrogens with zero attached hydrogens (tertiary/aromatic N) is 3. The Morgan fingerprint density at radius 1 is 1.12 bits per heavy atom. The Bertz CT molecular complexity index is 1220. The summed E-state index contributed by atoms with van der Waals surface area (Å²) >= 11 is 0. The van der Waals surface area contributed by atoms with Crippen LogP contribution in [0.2, 0.25) is 0 Å². The van der Waals surface area contributed by atoms with Crippen molar-refractivity contribution in [1.82, 2.24) is 9.46 Å². The third-order valence-electron chi connectivity index (χ3n) is 4.81. The van der Waals surface area contributed by atoms with E-state index in [1.807, 2.05) is 30.3 Å². The van der Waals surface area contributed by atoms with Crippen molar-refractivity contribution in [2.24, 2.45) is 0 Å². The molecule has 33 heavy (non-hydrogen) atoms. The minimum atomic E-state index is -4.34. The fourth-order valence-electron chi connectivity index (χ4n) is 3.24. The van der Waals surface area contributed by atoms with Gasteiger partial charge in [-0.1, -0.05) is 47.6 Å². The number of aromatic nitrogens is 1. The van der Waals surface area contributed by atoms with Gasteiger partial charge in [0.15, 0.2) is 0 Å². The monoisotopic (exact) mass is 475 g/mol. The van der Waals surface area contributed by atoms with Crippen LogP contribution in [0.25, 0.3) is 22.4 Å². The lowest BCUT2D eigenvalue weighted by Crippen LogP contribution is -2.36. The van der Waals surface area contributed by atoms with Gasteiger partial charge < -0.3 is 14.5 Å². The van der Waals surface area contributed by atoms with Gasteiger partial charge in [-0.2, -0.15) is 0 Å². The smallest absolute Gasteiger partial charge is 0.421 e. The molecule has 1 aromatic heterocycles. The predicted octanol–water partition coefficient (Wildman–Crippen LogP) is 3.97. The van der Waals surface area contributed by atoms with E-state index < -0.39 is 21.2 Å². The van der Waals surface area contributed by atoms with Crippen molar-refractivity contribution in [2.45, 2.75) is 24.7 Å². The molecule has 1 heterocycles. The second-order valence-electron chi connectivity index (χ2n) is 6.98. The zero-order chi connectivity index (χ0) is 24.0. The molecule has 1 N–H and O–H groups in total. The van der Waals surface area contributed by atoms with Crippen molar-refractivity contribution in [2.75, 3.05) is 13.2 Å². The Hall–Kier alpha value is -3.93. The molecule has 3 rings (SSSR count). The molecular formula is C21H21N3O8S. The van der Waals surface area contributed by atoms with Crippen molar-refractivity contribution in [3.8, 4) is 22.4 Å². The number of amides is 1. The van der Waals surface area contributed by atoms with Crippen LogP contribution in [0, 0.1) is 17.0 Å². The van der Waals surface area contributed by atoms with Gasteiger partial charge in [-0.3, -0.25) is 0 Å². The van der Waals surface area contributed by atoms with Crippen LogP contribution in [0.4, 0.5) is 4.79 Å². The largest absolute Gasteiger partial charge is 0.464 e. The summed E-state index contributed by atoms with van der Waals surface area (Å²) in [5.74, 6) is 0.550. The number of benzene rings is 2. The Kier molecular flexibility index (Phi) is 7.28. The molecule has 1 amide bonds. The van der Waals surface area contributed by atoms with E-state index in [2.05, 4.69) is 9.99 Å². The highest BCUT2D eigenvalue weighted by molar-refractivity contribution is 7.89. The number of carbonyl (C=O) groups is 1. The summed E-state index contributed by atoms with van der Waals surface area (Å²) < 4.78 is 31.4. The number of rotatable bonds is 10. The van der Waals surface area contributed by atoms with E-state index in [0.29, 0.717) is 26.9 Å². The van der Waals surface area contributed by atoms with E-state index >= 15 is 0 Å². The quantitative estimate of drug-likeness (QED) is 0.260. The summed E-state index contributed by atoms with van der Waals surface area (Å²) in [6, 6.07) is 15.1. The molecule has 0 spiro atoms. The number of unbranched alkanes of at least 4 members (excludes halogenated alkanes) is 1. The van der Waals surface area contributed by atoms with Crippen LogP contribution in [0.5, 0.6) is 0 Å². The van der Waals surface area contributed by atoms with Gasteiger partial charge in [-0.05, 0) is 37.5 Å². The van der Waals surface area contributed by atoms with E-state index in [4.69, 9.17) is 4.52 Å². The topological polar surface area (TPSA) is 153 Å². The highest BCUT2D eigenvalue weighted by Gasteiger charge is 2.29. The SMILES string of the molecule is Cc1onc(-c2ccccc2)c1-c1ccc(S(=O)(=O)N(CCCCO[N+](=O)[O-])C(=O)O)cc1. The van der Waals surface area contributed by atoms with Crippen LogP contribution < -0.4 is 0 Å². The van der Waals surface area contributed by atoms with Crippen LogP contribution in [-0.4, -0.2) is 47.3 Å². The molecule has 0 aliphatic carbocycles. The van der Waals surface area contributed by atoms with Crippen LogP contribution in [-0.2, 0) is 14.9 Å². The summed E-state index contributed by atoms with van der Waals surface area (Å²) in [6.07, 6.45) is -1.46. The van der Waals surface area contributed by atoms with E-state index in [1.54, 1.807) is 19.1 Å². The van der Waals surface area contributed by atoms with Crippen molar-refractivity contribution in [3.63, 3.8) is 0 Å². The maximum atomic E-state index is 12.9. The molecule has 0 unspecified atom stereocenters. The standard InChI is InChI=1S/C21H21N3O8S/c1-15-19(20(22-32-15)17-7-3-2-4-8-17)16-9-11-18(12-10-16)33(29,30)23(21(25)26)13-5-6-14-31-24(27)28/h2-4,7-12H,5-6,13-14H2,1H3,(H,25,26). The second-order valence-corrected chi connectivity index (χ2v) is 8.84. The van der Waals surface area contributed by atoms with Crippen LogP contribution in [0.15, 0.2) is 64.0 Å². The minimum absolute atomic E-state index is 0.0672. The first-order chi connectivity index (χ1) is 15.7. The van der Waals surface area contributed by atoms with E-state index in [1.165, 1.54) is 12.1 Å². The fourth-order valence-corrected chi connectivity index (χ4v) is 4.55. The lowest BCUT2D eigenvalue weighted by Gasteiger charge is -2.19. The molecule has 0 aliphatic rings. The zero-order valence-corrected chi connectivity index (χ0v) is 18.4. The number of aryl methyl sites for hydroxylation is 1. The summed E-state index contributed by atoms with van der Waals surface area (Å²) in [5, 5.41) is 22.7. The van der Waals surface area contributed by atoms with Gasteiger partial charge in [-0.15, -0.1) is 10.1 Å². The van der Waals surface area contributed by atoms with E-state index in [0.717, 1.165) is 5.56 Å². The molecule has 0 radical (unpaired) electrons. The fraction of sp³-hybridized carbons (Fsp3) is 0.238. The summed E-state index contributed by atoms with van der Waals surface area (Å²) in [6.45, 7) is 1.13. The van der Waals surface area contributed by atoms with Crippen molar-refractivity contribution in [1.29, 1.82) is 0 Å². The van der Waals surface area contributed by atoms with Gasteiger partial charge in [0.25, 0.3) is 15.1 Å². The molecule has 0 saturated carbocycles. The maximum Gasteiger partial charge on any atom is 0.421 e. The second kappa shape index (κ2) is 10.1. The van der Waals surface area contributed by atoms with Gasteiger partial charge in [-0.25, -0.2) is 17.5 Å². The highest BCUT2D eigenvalue weighted by atomic mass is 32.2. The summed E-state index contributed by atoms with van der Waals surface area (Å²) in [4.78, 5) is 25.7. The molecule has 12 heteroatoms. The van der Waals surface area contributed by atoms with Crippen LogP contribution >= 0.6 is 0 Å². The van der Waals surface area contributed by atoms with Gasteiger partial charge in [0, 0.05) is 12.1 Å². The van der Waals surface area contributed by atoms with Crippen molar-refractivity contribution < 1.29 is 32.8 Å². The minimum Gasteiger partial charge on any atom is -0.464 e. The number of sulfonamides is 1. The lowest BCUT2D eigenvalue weighted by atomic mass is 10.00. The molecular weight excluding hydrogens is 454 g/mol. The number of carboxylic acid groups (broad SMARTS) is 1. The molecule has 174 valence electrons. The Morgan fingerprint density at radius 3 is 2.39 bits per heavy atom. The number of hydrogen-bond donors (Lipinski definition) is 1. The average Bonchev–Trinajstić information content (AvgIpc) is 3.17. The Balaban J connectivity index is 1.82. The lowest BCUT2D eigenvalue weighted by molar-refractivity contribution is -0.757. The van der Waals surface area contributed by atoms with Crippen molar-refractivity contribution in [3.05, 3.63) is 70.5 Å². The molecule has 0 saturated heterocycles. The van der Waals surface area contributed by atoms with Gasteiger partial charge in [0.05, 0.1) is 17.1 Å². The van der Waals surface area contributed by atoms with Crippen LogP contribution in [0.1, 0.15) is 18.6 Å². The first kappa shape index (κ1) is 23.7. The van der Waals surface area contributed by atoms with Crippen LogP contribution in [0.3, 0.4) is 0 Å². The Morgan fingerprint density at radius 2 is 1.79 bits per heavy atom. The maximum absolute atomic E-state index is 12.9. The van der Waals surface area contributed by atoms with Gasteiger partial charge in [0.1, 0.15) is 11.5 Å². The number of hydrogen-bond acceptors (Lipinski definition) is 8. The third kappa shape index (κ3) is 5.47. The summed E-state index contributed by atoms with van der Waals surface area (Å²) in [7, 11) is -4.34. The summed E-state index contributed by atoms with van der Waals surface area (Å²) in [5.41, 5.74) is 2.79. The van der Waals surface area contributed by atoms with Gasteiger partial charge >= 0.3 is 6.09 Å². The molecule has 2 aromatic carbocycles. The molecule has 0 atom stereocenters. The predicted molar refractivity (Wildman–Crippen MR) is 116 cm³/mol. The molecule has 0 aliphatic heterocycles. The third-order valence-corrected chi connectivity index (χ3v) is 6.59. The molecule has 0 bridgehead atoms. The van der Waals surface area contributed by atoms with Crippen molar-refractivity contribution >= 4 is 16.1 Å². The molecule has 3 aromatic rings. The Labute approximate surface area is 189 Å². The highest BCUT2D eigenvalue weighted by Crippen LogP contribution is 2.34.